The van der Waals surface area contributed by atoms with Gasteiger partial charge in [0, 0.05) is 5.56 Å². The van der Waals surface area contributed by atoms with Crippen LogP contribution < -0.4 is 4.74 Å². The summed E-state index contributed by atoms with van der Waals surface area (Å²) >= 11 is 6.22. The molecule has 0 aliphatic carbocycles. The zero-order chi connectivity index (χ0) is 13.9. The summed E-state index contributed by atoms with van der Waals surface area (Å²) in [6.45, 7) is 1.50. The fourth-order valence-corrected chi connectivity index (χ4v) is 2.79. The van der Waals surface area contributed by atoms with Crippen molar-refractivity contribution in [1.82, 2.24) is 4.90 Å². The third-order valence-corrected chi connectivity index (χ3v) is 3.97. The Morgan fingerprint density at radius 2 is 2.26 bits per heavy atom. The molecule has 4 heteroatoms. The zero-order valence-corrected chi connectivity index (χ0v) is 12.2. The molecule has 0 saturated carbocycles. The molecule has 2 rings (SSSR count). The minimum atomic E-state index is -0.485. The number of rotatable bonds is 3. The molecule has 102 valence electrons. The summed E-state index contributed by atoms with van der Waals surface area (Å²) in [7, 11) is 4.05. The number of fused-ring (bicyclic) bond motifs is 1. The molecular formula is C15H19ClN2O. The van der Waals surface area contributed by atoms with Crippen molar-refractivity contribution in [3.05, 3.63) is 28.8 Å². The lowest BCUT2D eigenvalue weighted by molar-refractivity contribution is 0.309. The average molecular weight is 279 g/mol. The smallest absolute Gasteiger partial charge is 0.142 e. The monoisotopic (exact) mass is 278 g/mol. The van der Waals surface area contributed by atoms with E-state index >= 15 is 0 Å². The largest absolute Gasteiger partial charge is 0.492 e. The minimum absolute atomic E-state index is 0.485. The summed E-state index contributed by atoms with van der Waals surface area (Å²) in [6.07, 6.45) is 2.50. The van der Waals surface area contributed by atoms with Crippen molar-refractivity contribution in [3.63, 3.8) is 0 Å². The molecule has 0 saturated heterocycles. The van der Waals surface area contributed by atoms with Crippen molar-refractivity contribution in [1.29, 1.82) is 5.26 Å². The Labute approximate surface area is 119 Å². The molecule has 0 amide bonds. The molecule has 1 aromatic rings. The van der Waals surface area contributed by atoms with Crippen LogP contribution in [-0.4, -0.2) is 32.1 Å². The molecule has 0 fully saturated rings. The molecule has 1 unspecified atom stereocenters. The van der Waals surface area contributed by atoms with E-state index in [-0.39, 0.29) is 0 Å². The van der Waals surface area contributed by atoms with Crippen molar-refractivity contribution in [2.45, 2.75) is 24.7 Å². The Hall–Kier alpha value is -1.24. The van der Waals surface area contributed by atoms with Crippen molar-refractivity contribution in [2.75, 3.05) is 27.2 Å². The van der Waals surface area contributed by atoms with Gasteiger partial charge in [-0.1, -0.05) is 23.7 Å². The van der Waals surface area contributed by atoms with E-state index in [1.54, 1.807) is 0 Å². The average Bonchev–Trinajstić information content (AvgIpc) is 2.58. The first-order valence-electron chi connectivity index (χ1n) is 6.57. The Morgan fingerprint density at radius 1 is 1.47 bits per heavy atom. The molecule has 0 N–H and O–H groups in total. The molecule has 0 bridgehead atoms. The van der Waals surface area contributed by atoms with E-state index in [9.17, 15) is 5.26 Å². The van der Waals surface area contributed by atoms with Crippen LogP contribution in [0.2, 0.25) is 5.02 Å². The molecular weight excluding hydrogens is 260 g/mol. The SMILES string of the molecule is CN(C)CCC1(C#N)CCCOc2c(Cl)cccc21. The van der Waals surface area contributed by atoms with Gasteiger partial charge in [0.05, 0.1) is 23.1 Å². The molecule has 1 aromatic carbocycles. The second-order valence-electron chi connectivity index (χ2n) is 5.32. The van der Waals surface area contributed by atoms with E-state index in [0.717, 1.165) is 31.4 Å². The van der Waals surface area contributed by atoms with Gasteiger partial charge in [0.2, 0.25) is 0 Å². The lowest BCUT2D eigenvalue weighted by Gasteiger charge is -2.28. The summed E-state index contributed by atoms with van der Waals surface area (Å²) in [6, 6.07) is 8.23. The molecule has 0 radical (unpaired) electrons. The number of ether oxygens (including phenoxy) is 1. The van der Waals surface area contributed by atoms with Crippen molar-refractivity contribution in [3.8, 4) is 11.8 Å². The van der Waals surface area contributed by atoms with Crippen LogP contribution in [0.25, 0.3) is 0 Å². The number of hydrogen-bond donors (Lipinski definition) is 0. The van der Waals surface area contributed by atoms with E-state index < -0.39 is 5.41 Å². The Morgan fingerprint density at radius 3 is 2.95 bits per heavy atom. The van der Waals surface area contributed by atoms with Crippen LogP contribution >= 0.6 is 11.6 Å². The van der Waals surface area contributed by atoms with Gasteiger partial charge in [-0.05, 0) is 46.0 Å². The van der Waals surface area contributed by atoms with Gasteiger partial charge in [-0.2, -0.15) is 5.26 Å². The Balaban J connectivity index is 2.44. The van der Waals surface area contributed by atoms with Crippen molar-refractivity contribution < 1.29 is 4.74 Å². The zero-order valence-electron chi connectivity index (χ0n) is 11.4. The fourth-order valence-electron chi connectivity index (χ4n) is 2.56. The first-order chi connectivity index (χ1) is 9.09. The van der Waals surface area contributed by atoms with Gasteiger partial charge in [0.1, 0.15) is 5.75 Å². The first-order valence-corrected chi connectivity index (χ1v) is 6.95. The van der Waals surface area contributed by atoms with E-state index in [1.807, 2.05) is 32.3 Å². The summed E-state index contributed by atoms with van der Waals surface area (Å²) in [4.78, 5) is 2.11. The number of nitriles is 1. The van der Waals surface area contributed by atoms with E-state index in [2.05, 4.69) is 11.0 Å². The lowest BCUT2D eigenvalue weighted by atomic mass is 9.75. The van der Waals surface area contributed by atoms with Crippen LogP contribution in [0.3, 0.4) is 0 Å². The van der Waals surface area contributed by atoms with Crippen LogP contribution in [0.4, 0.5) is 0 Å². The maximum absolute atomic E-state index is 9.75. The normalized spacial score (nSPS) is 22.3. The quantitative estimate of drug-likeness (QED) is 0.852. The molecule has 19 heavy (non-hydrogen) atoms. The van der Waals surface area contributed by atoms with Gasteiger partial charge in [0.15, 0.2) is 0 Å². The van der Waals surface area contributed by atoms with E-state index in [0.29, 0.717) is 17.4 Å². The van der Waals surface area contributed by atoms with E-state index in [1.165, 1.54) is 0 Å². The molecule has 1 atom stereocenters. The molecule has 1 heterocycles. The van der Waals surface area contributed by atoms with Gasteiger partial charge in [-0.25, -0.2) is 0 Å². The lowest BCUT2D eigenvalue weighted by Crippen LogP contribution is -2.29. The standard InChI is InChI=1S/C15H19ClN2O/c1-18(2)9-8-15(11-17)7-4-10-19-14-12(15)5-3-6-13(14)16/h3,5-6H,4,7-10H2,1-2H3. The van der Waals surface area contributed by atoms with Crippen molar-refractivity contribution >= 4 is 11.6 Å². The third-order valence-electron chi connectivity index (χ3n) is 3.68. The predicted octanol–water partition coefficient (Wildman–Crippen LogP) is 3.23. The maximum atomic E-state index is 9.75. The van der Waals surface area contributed by atoms with Crippen LogP contribution in [0.15, 0.2) is 18.2 Å². The van der Waals surface area contributed by atoms with Crippen LogP contribution in [-0.2, 0) is 5.41 Å². The number of nitrogens with zero attached hydrogens (tertiary/aromatic N) is 2. The van der Waals surface area contributed by atoms with Crippen LogP contribution in [0, 0.1) is 11.3 Å². The van der Waals surface area contributed by atoms with Gasteiger partial charge in [-0.15, -0.1) is 0 Å². The summed E-state index contributed by atoms with van der Waals surface area (Å²) in [5.41, 5.74) is 0.461. The van der Waals surface area contributed by atoms with Gasteiger partial charge < -0.3 is 9.64 Å². The highest BCUT2D eigenvalue weighted by Crippen LogP contribution is 2.43. The van der Waals surface area contributed by atoms with E-state index in [4.69, 9.17) is 16.3 Å². The highest BCUT2D eigenvalue weighted by atomic mass is 35.5. The number of halogens is 1. The van der Waals surface area contributed by atoms with Crippen LogP contribution in [0.1, 0.15) is 24.8 Å². The second-order valence-corrected chi connectivity index (χ2v) is 5.72. The Bertz CT molecular complexity index is 495. The summed E-state index contributed by atoms with van der Waals surface area (Å²) in [5.74, 6) is 0.696. The topological polar surface area (TPSA) is 36.3 Å². The molecule has 0 aromatic heterocycles. The Kier molecular flexibility index (Phi) is 4.34. The number of benzene rings is 1. The molecule has 3 nitrogen and oxygen atoms in total. The third kappa shape index (κ3) is 2.86. The fraction of sp³-hybridized carbons (Fsp3) is 0.533. The number of para-hydroxylation sites is 1. The minimum Gasteiger partial charge on any atom is -0.492 e. The van der Waals surface area contributed by atoms with Gasteiger partial charge in [0.25, 0.3) is 0 Å². The van der Waals surface area contributed by atoms with Crippen LogP contribution in [0.5, 0.6) is 5.75 Å². The maximum Gasteiger partial charge on any atom is 0.142 e. The molecule has 1 aliphatic heterocycles. The first kappa shape index (κ1) is 14.2. The van der Waals surface area contributed by atoms with Gasteiger partial charge in [-0.3, -0.25) is 0 Å². The number of hydrogen-bond acceptors (Lipinski definition) is 3. The second kappa shape index (κ2) is 5.81. The van der Waals surface area contributed by atoms with Gasteiger partial charge >= 0.3 is 0 Å². The highest BCUT2D eigenvalue weighted by Gasteiger charge is 2.37. The summed E-state index contributed by atoms with van der Waals surface area (Å²) < 4.78 is 5.75. The predicted molar refractivity (Wildman–Crippen MR) is 76.6 cm³/mol. The summed E-state index contributed by atoms with van der Waals surface area (Å²) in [5, 5.41) is 10.4. The molecule has 0 spiro atoms. The van der Waals surface area contributed by atoms with Crippen molar-refractivity contribution in [2.24, 2.45) is 0 Å². The molecule has 1 aliphatic rings. The highest BCUT2D eigenvalue weighted by molar-refractivity contribution is 6.32.